The fourth-order valence-corrected chi connectivity index (χ4v) is 2.22. The molecule has 1 fully saturated rings. The quantitative estimate of drug-likeness (QED) is 0.839. The summed E-state index contributed by atoms with van der Waals surface area (Å²) in [4.78, 5) is 0. The number of ether oxygens (including phenoxy) is 1. The second-order valence-corrected chi connectivity index (χ2v) is 4.61. The molecule has 0 amide bonds. The minimum Gasteiger partial charge on any atom is -0.490 e. The van der Waals surface area contributed by atoms with Crippen LogP contribution in [-0.2, 0) is 0 Å². The monoisotopic (exact) mass is 219 g/mol. The summed E-state index contributed by atoms with van der Waals surface area (Å²) in [7, 11) is 1.98. The van der Waals surface area contributed by atoms with Gasteiger partial charge < -0.3 is 10.1 Å². The van der Waals surface area contributed by atoms with Gasteiger partial charge in [0.15, 0.2) is 0 Å². The molecule has 0 aliphatic heterocycles. The first-order valence-electron chi connectivity index (χ1n) is 6.23. The van der Waals surface area contributed by atoms with Gasteiger partial charge in [-0.25, -0.2) is 0 Å². The molecule has 88 valence electrons. The van der Waals surface area contributed by atoms with Crippen LogP contribution in [-0.4, -0.2) is 13.2 Å². The van der Waals surface area contributed by atoms with E-state index < -0.39 is 0 Å². The second kappa shape index (κ2) is 5.35. The van der Waals surface area contributed by atoms with Crippen molar-refractivity contribution in [3.05, 3.63) is 29.8 Å². The van der Waals surface area contributed by atoms with E-state index in [1.807, 2.05) is 7.05 Å². The highest BCUT2D eigenvalue weighted by molar-refractivity contribution is 5.30. The van der Waals surface area contributed by atoms with Crippen LogP contribution in [0.4, 0.5) is 0 Å². The van der Waals surface area contributed by atoms with E-state index in [4.69, 9.17) is 4.74 Å². The van der Waals surface area contributed by atoms with Crippen molar-refractivity contribution < 1.29 is 4.74 Å². The minimum atomic E-state index is 0.382. The molecule has 0 spiro atoms. The lowest BCUT2D eigenvalue weighted by Gasteiger charge is -2.16. The standard InChI is InChI=1S/C14H21NO/c1-11(15-2)12-6-5-9-14(10-12)16-13-7-3-4-8-13/h5-6,9-11,13,15H,3-4,7-8H2,1-2H3/t11-/m1/s1. The van der Waals surface area contributed by atoms with Gasteiger partial charge in [0.1, 0.15) is 5.75 Å². The third kappa shape index (κ3) is 2.76. The molecule has 1 atom stereocenters. The van der Waals surface area contributed by atoms with Crippen LogP contribution in [0.25, 0.3) is 0 Å². The Bertz CT molecular complexity index is 331. The van der Waals surface area contributed by atoms with Gasteiger partial charge in [0.05, 0.1) is 6.10 Å². The largest absolute Gasteiger partial charge is 0.490 e. The third-order valence-corrected chi connectivity index (χ3v) is 3.40. The maximum absolute atomic E-state index is 5.98. The van der Waals surface area contributed by atoms with Crippen LogP contribution >= 0.6 is 0 Å². The van der Waals surface area contributed by atoms with E-state index in [0.29, 0.717) is 12.1 Å². The zero-order valence-electron chi connectivity index (χ0n) is 10.2. The average Bonchev–Trinajstić information content (AvgIpc) is 2.81. The topological polar surface area (TPSA) is 21.3 Å². The van der Waals surface area contributed by atoms with E-state index in [1.54, 1.807) is 0 Å². The zero-order valence-corrected chi connectivity index (χ0v) is 10.2. The number of nitrogens with one attached hydrogen (secondary N) is 1. The van der Waals surface area contributed by atoms with Crippen molar-refractivity contribution >= 4 is 0 Å². The summed E-state index contributed by atoms with van der Waals surface area (Å²) >= 11 is 0. The molecule has 0 saturated heterocycles. The van der Waals surface area contributed by atoms with E-state index in [9.17, 15) is 0 Å². The van der Waals surface area contributed by atoms with Crippen LogP contribution in [0.1, 0.15) is 44.2 Å². The number of hydrogen-bond acceptors (Lipinski definition) is 2. The molecular weight excluding hydrogens is 198 g/mol. The van der Waals surface area contributed by atoms with E-state index in [0.717, 1.165) is 5.75 Å². The highest BCUT2D eigenvalue weighted by Gasteiger charge is 2.16. The summed E-state index contributed by atoms with van der Waals surface area (Å²) in [5.41, 5.74) is 1.29. The van der Waals surface area contributed by atoms with Gasteiger partial charge in [0, 0.05) is 6.04 Å². The molecule has 2 heteroatoms. The smallest absolute Gasteiger partial charge is 0.120 e. The highest BCUT2D eigenvalue weighted by atomic mass is 16.5. The van der Waals surface area contributed by atoms with Crippen molar-refractivity contribution in [1.29, 1.82) is 0 Å². The van der Waals surface area contributed by atoms with Crippen molar-refractivity contribution in [1.82, 2.24) is 5.32 Å². The van der Waals surface area contributed by atoms with Gasteiger partial charge in [-0.3, -0.25) is 0 Å². The van der Waals surface area contributed by atoms with E-state index >= 15 is 0 Å². The van der Waals surface area contributed by atoms with Crippen molar-refractivity contribution in [2.24, 2.45) is 0 Å². The summed E-state index contributed by atoms with van der Waals surface area (Å²) in [6.07, 6.45) is 5.51. The maximum Gasteiger partial charge on any atom is 0.120 e. The van der Waals surface area contributed by atoms with Gasteiger partial charge in [0.2, 0.25) is 0 Å². The molecule has 1 N–H and O–H groups in total. The first kappa shape index (κ1) is 11.5. The fraction of sp³-hybridized carbons (Fsp3) is 0.571. The molecule has 0 radical (unpaired) electrons. The minimum absolute atomic E-state index is 0.382. The predicted octanol–water partition coefficient (Wildman–Crippen LogP) is 3.29. The second-order valence-electron chi connectivity index (χ2n) is 4.61. The summed E-state index contributed by atoms with van der Waals surface area (Å²) < 4.78 is 5.98. The molecule has 2 rings (SSSR count). The Morgan fingerprint density at radius 1 is 1.31 bits per heavy atom. The Kier molecular flexibility index (Phi) is 3.83. The zero-order chi connectivity index (χ0) is 11.4. The molecule has 1 aromatic rings. The molecule has 0 bridgehead atoms. The molecule has 2 nitrogen and oxygen atoms in total. The van der Waals surface area contributed by atoms with Crippen LogP contribution in [0.15, 0.2) is 24.3 Å². The van der Waals surface area contributed by atoms with Crippen molar-refractivity contribution in [2.45, 2.75) is 44.8 Å². The lowest BCUT2D eigenvalue weighted by molar-refractivity contribution is 0.209. The molecule has 1 aliphatic carbocycles. The predicted molar refractivity (Wildman–Crippen MR) is 66.8 cm³/mol. The van der Waals surface area contributed by atoms with Crippen LogP contribution in [0.3, 0.4) is 0 Å². The third-order valence-electron chi connectivity index (χ3n) is 3.40. The molecular formula is C14H21NO. The molecule has 0 unspecified atom stereocenters. The Hall–Kier alpha value is -1.02. The van der Waals surface area contributed by atoms with Crippen LogP contribution in [0, 0.1) is 0 Å². The summed E-state index contributed by atoms with van der Waals surface area (Å²) in [5.74, 6) is 1.02. The van der Waals surface area contributed by atoms with Crippen molar-refractivity contribution in [3.8, 4) is 5.75 Å². The van der Waals surface area contributed by atoms with E-state index in [2.05, 4.69) is 36.5 Å². The molecule has 1 aliphatic rings. The molecule has 16 heavy (non-hydrogen) atoms. The van der Waals surface area contributed by atoms with Gasteiger partial charge in [-0.1, -0.05) is 12.1 Å². The Balaban J connectivity index is 2.03. The number of rotatable bonds is 4. The molecule has 0 aromatic heterocycles. The SMILES string of the molecule is CN[C@H](C)c1cccc(OC2CCCC2)c1. The fourth-order valence-electron chi connectivity index (χ4n) is 2.22. The first-order valence-corrected chi connectivity index (χ1v) is 6.23. The Morgan fingerprint density at radius 2 is 2.06 bits per heavy atom. The van der Waals surface area contributed by atoms with Gasteiger partial charge in [0.25, 0.3) is 0 Å². The summed E-state index contributed by atoms with van der Waals surface area (Å²) in [6, 6.07) is 8.81. The molecule has 1 saturated carbocycles. The average molecular weight is 219 g/mol. The van der Waals surface area contributed by atoms with E-state index in [1.165, 1.54) is 31.2 Å². The molecule has 1 aromatic carbocycles. The maximum atomic E-state index is 5.98. The van der Waals surface area contributed by atoms with Gasteiger partial charge >= 0.3 is 0 Å². The van der Waals surface area contributed by atoms with Gasteiger partial charge in [-0.05, 0) is 57.4 Å². The Labute approximate surface area is 98.0 Å². The van der Waals surface area contributed by atoms with Gasteiger partial charge in [-0.2, -0.15) is 0 Å². The van der Waals surface area contributed by atoms with Crippen LogP contribution in [0.5, 0.6) is 5.75 Å². The summed E-state index contributed by atoms with van der Waals surface area (Å²) in [6.45, 7) is 2.16. The van der Waals surface area contributed by atoms with Crippen molar-refractivity contribution in [2.75, 3.05) is 7.05 Å². The van der Waals surface area contributed by atoms with E-state index in [-0.39, 0.29) is 0 Å². The Morgan fingerprint density at radius 3 is 2.75 bits per heavy atom. The van der Waals surface area contributed by atoms with Gasteiger partial charge in [-0.15, -0.1) is 0 Å². The molecule has 0 heterocycles. The lowest BCUT2D eigenvalue weighted by atomic mass is 10.1. The number of benzene rings is 1. The van der Waals surface area contributed by atoms with Crippen molar-refractivity contribution in [3.63, 3.8) is 0 Å². The number of hydrogen-bond donors (Lipinski definition) is 1. The van der Waals surface area contributed by atoms with Crippen LogP contribution < -0.4 is 10.1 Å². The first-order chi connectivity index (χ1) is 7.79. The lowest BCUT2D eigenvalue weighted by Crippen LogP contribution is -2.14. The normalized spacial score (nSPS) is 18.6. The highest BCUT2D eigenvalue weighted by Crippen LogP contribution is 2.25. The summed E-state index contributed by atoms with van der Waals surface area (Å²) in [5, 5.41) is 3.25. The van der Waals surface area contributed by atoms with Crippen LogP contribution in [0.2, 0.25) is 0 Å².